The molecule has 23 heavy (non-hydrogen) atoms. The quantitative estimate of drug-likeness (QED) is 0.849. The number of nitrogens with zero attached hydrogens (tertiary/aromatic N) is 3. The standard InChI is InChI=1S/C17H18N4O2/c1-2-15-11-17(23,13-7-9-19-10-8-13)21(20-15)16(22)12-3-5-14(18)6-4-12/h3-10,23H,2,11,18H2,1H3/t17-/m0/s1. The van der Waals surface area contributed by atoms with Crippen molar-refractivity contribution in [3.8, 4) is 0 Å². The smallest absolute Gasteiger partial charge is 0.276 e. The Kier molecular flexibility index (Phi) is 3.83. The molecule has 2 heterocycles. The number of pyridine rings is 1. The Bertz CT molecular complexity index is 743. The third-order valence-electron chi connectivity index (χ3n) is 3.94. The van der Waals surface area contributed by atoms with Crippen molar-refractivity contribution in [1.82, 2.24) is 9.99 Å². The molecule has 3 rings (SSSR count). The van der Waals surface area contributed by atoms with E-state index in [-0.39, 0.29) is 12.3 Å². The molecule has 0 spiro atoms. The molecule has 0 aliphatic carbocycles. The topological polar surface area (TPSA) is 91.8 Å². The van der Waals surface area contributed by atoms with Crippen molar-refractivity contribution in [2.75, 3.05) is 5.73 Å². The van der Waals surface area contributed by atoms with Crippen LogP contribution in [0.5, 0.6) is 0 Å². The lowest BCUT2D eigenvalue weighted by atomic mass is 9.97. The molecular weight excluding hydrogens is 292 g/mol. The van der Waals surface area contributed by atoms with Crippen LogP contribution in [0.25, 0.3) is 0 Å². The maximum atomic E-state index is 12.8. The lowest BCUT2D eigenvalue weighted by molar-refractivity contribution is -0.0766. The summed E-state index contributed by atoms with van der Waals surface area (Å²) in [5.74, 6) is -0.368. The Morgan fingerprint density at radius 3 is 2.52 bits per heavy atom. The number of hydrogen-bond acceptors (Lipinski definition) is 5. The van der Waals surface area contributed by atoms with E-state index in [1.807, 2.05) is 6.92 Å². The van der Waals surface area contributed by atoms with Crippen LogP contribution < -0.4 is 5.73 Å². The minimum atomic E-state index is -1.49. The lowest BCUT2D eigenvalue weighted by Crippen LogP contribution is -2.43. The Balaban J connectivity index is 2.01. The number of aliphatic hydroxyl groups is 1. The summed E-state index contributed by atoms with van der Waals surface area (Å²) in [7, 11) is 0. The van der Waals surface area contributed by atoms with Gasteiger partial charge in [-0.25, -0.2) is 0 Å². The molecule has 0 fully saturated rings. The number of hydrogen-bond donors (Lipinski definition) is 2. The van der Waals surface area contributed by atoms with E-state index < -0.39 is 5.72 Å². The highest BCUT2D eigenvalue weighted by Crippen LogP contribution is 2.36. The number of anilines is 1. The van der Waals surface area contributed by atoms with Gasteiger partial charge in [0.1, 0.15) is 0 Å². The molecule has 0 saturated heterocycles. The maximum Gasteiger partial charge on any atom is 0.276 e. The molecule has 2 aromatic rings. The van der Waals surface area contributed by atoms with Gasteiger partial charge in [0.2, 0.25) is 0 Å². The first-order valence-electron chi connectivity index (χ1n) is 7.44. The van der Waals surface area contributed by atoms with E-state index >= 15 is 0 Å². The molecule has 0 bridgehead atoms. The zero-order chi connectivity index (χ0) is 16.4. The molecule has 6 nitrogen and oxygen atoms in total. The highest BCUT2D eigenvalue weighted by molar-refractivity contribution is 5.98. The van der Waals surface area contributed by atoms with Gasteiger partial charge in [-0.1, -0.05) is 6.92 Å². The first-order chi connectivity index (χ1) is 11.0. The predicted octanol–water partition coefficient (Wildman–Crippen LogP) is 2.12. The number of nitrogens with two attached hydrogens (primary N) is 1. The summed E-state index contributed by atoms with van der Waals surface area (Å²) in [4.78, 5) is 16.8. The minimum absolute atomic E-state index is 0.286. The number of amides is 1. The first-order valence-corrected chi connectivity index (χ1v) is 7.44. The van der Waals surface area contributed by atoms with Crippen LogP contribution in [0, 0.1) is 0 Å². The van der Waals surface area contributed by atoms with Crippen LogP contribution in [0.15, 0.2) is 53.9 Å². The summed E-state index contributed by atoms with van der Waals surface area (Å²) in [6.07, 6.45) is 4.12. The van der Waals surface area contributed by atoms with E-state index in [1.54, 1.807) is 48.8 Å². The summed E-state index contributed by atoms with van der Waals surface area (Å²) in [6, 6.07) is 9.95. The van der Waals surface area contributed by atoms with Crippen molar-refractivity contribution >= 4 is 17.3 Å². The highest BCUT2D eigenvalue weighted by atomic mass is 16.3. The molecule has 1 amide bonds. The Morgan fingerprint density at radius 1 is 1.26 bits per heavy atom. The minimum Gasteiger partial charge on any atom is -0.399 e. The summed E-state index contributed by atoms with van der Waals surface area (Å²) in [5.41, 5.74) is 6.52. The molecule has 1 aliphatic rings. The zero-order valence-corrected chi connectivity index (χ0v) is 12.8. The second-order valence-electron chi connectivity index (χ2n) is 5.49. The van der Waals surface area contributed by atoms with Gasteiger partial charge in [0.25, 0.3) is 5.91 Å². The molecule has 1 atom stereocenters. The van der Waals surface area contributed by atoms with E-state index in [4.69, 9.17) is 5.73 Å². The Hall–Kier alpha value is -2.73. The number of carbonyl (C=O) groups is 1. The van der Waals surface area contributed by atoms with Crippen LogP contribution in [0.1, 0.15) is 35.7 Å². The van der Waals surface area contributed by atoms with Gasteiger partial charge in [0, 0.05) is 41.3 Å². The van der Waals surface area contributed by atoms with Crippen molar-refractivity contribution < 1.29 is 9.90 Å². The number of rotatable bonds is 3. The fourth-order valence-electron chi connectivity index (χ4n) is 2.62. The van der Waals surface area contributed by atoms with E-state index in [0.717, 1.165) is 10.7 Å². The number of benzene rings is 1. The predicted molar refractivity (Wildman–Crippen MR) is 87.5 cm³/mol. The summed E-state index contributed by atoms with van der Waals surface area (Å²) in [6.45, 7) is 1.95. The van der Waals surface area contributed by atoms with Crippen molar-refractivity contribution in [2.45, 2.75) is 25.5 Å². The molecule has 118 valence electrons. The zero-order valence-electron chi connectivity index (χ0n) is 12.8. The first kappa shape index (κ1) is 15.2. The maximum absolute atomic E-state index is 12.8. The lowest BCUT2D eigenvalue weighted by Gasteiger charge is -2.31. The molecule has 1 aliphatic heterocycles. The average molecular weight is 310 g/mol. The molecule has 0 radical (unpaired) electrons. The van der Waals surface area contributed by atoms with Crippen molar-refractivity contribution in [1.29, 1.82) is 0 Å². The monoisotopic (exact) mass is 310 g/mol. The van der Waals surface area contributed by atoms with Gasteiger partial charge in [-0.2, -0.15) is 10.1 Å². The van der Waals surface area contributed by atoms with E-state index in [0.29, 0.717) is 23.2 Å². The third-order valence-corrected chi connectivity index (χ3v) is 3.94. The molecule has 1 aromatic carbocycles. The Morgan fingerprint density at radius 2 is 1.91 bits per heavy atom. The normalized spacial score (nSPS) is 20.4. The molecule has 0 saturated carbocycles. The van der Waals surface area contributed by atoms with Gasteiger partial charge in [-0.05, 0) is 42.8 Å². The van der Waals surface area contributed by atoms with Crippen molar-refractivity contribution in [3.05, 3.63) is 59.9 Å². The molecule has 3 N–H and O–H groups in total. The van der Waals surface area contributed by atoms with Gasteiger partial charge in [0.05, 0.1) is 0 Å². The fourth-order valence-corrected chi connectivity index (χ4v) is 2.62. The van der Waals surface area contributed by atoms with Crippen LogP contribution in [-0.4, -0.2) is 26.7 Å². The Labute approximate surface area is 134 Å². The van der Waals surface area contributed by atoms with Crippen LogP contribution in [0.4, 0.5) is 5.69 Å². The van der Waals surface area contributed by atoms with Gasteiger partial charge in [0.15, 0.2) is 5.72 Å². The van der Waals surface area contributed by atoms with E-state index in [2.05, 4.69) is 10.1 Å². The highest BCUT2D eigenvalue weighted by Gasteiger charge is 2.45. The number of aromatic nitrogens is 1. The van der Waals surface area contributed by atoms with Crippen LogP contribution in [0.2, 0.25) is 0 Å². The third kappa shape index (κ3) is 2.68. The summed E-state index contributed by atoms with van der Waals surface area (Å²) in [5, 5.41) is 16.6. The largest absolute Gasteiger partial charge is 0.399 e. The van der Waals surface area contributed by atoms with E-state index in [9.17, 15) is 9.90 Å². The van der Waals surface area contributed by atoms with Crippen LogP contribution in [0.3, 0.4) is 0 Å². The number of carbonyl (C=O) groups excluding carboxylic acids is 1. The van der Waals surface area contributed by atoms with Crippen molar-refractivity contribution in [3.63, 3.8) is 0 Å². The summed E-state index contributed by atoms with van der Waals surface area (Å²) < 4.78 is 0. The molecular formula is C17H18N4O2. The van der Waals surface area contributed by atoms with Crippen LogP contribution >= 0.6 is 0 Å². The van der Waals surface area contributed by atoms with Gasteiger partial charge in [-0.15, -0.1) is 0 Å². The van der Waals surface area contributed by atoms with E-state index in [1.165, 1.54) is 0 Å². The molecule has 0 unspecified atom stereocenters. The molecule has 1 aromatic heterocycles. The average Bonchev–Trinajstić information content (AvgIpc) is 2.94. The number of nitrogen functional groups attached to an aromatic ring is 1. The SMILES string of the molecule is CCC1=NN(C(=O)c2ccc(N)cc2)[C@@](O)(c2ccncc2)C1. The molecule has 6 heteroatoms. The van der Waals surface area contributed by atoms with Crippen molar-refractivity contribution in [2.24, 2.45) is 5.10 Å². The summed E-state index contributed by atoms with van der Waals surface area (Å²) >= 11 is 0. The number of hydrazone groups is 1. The second kappa shape index (κ2) is 5.81. The van der Waals surface area contributed by atoms with Crippen LogP contribution in [-0.2, 0) is 5.72 Å². The van der Waals surface area contributed by atoms with Gasteiger partial charge >= 0.3 is 0 Å². The van der Waals surface area contributed by atoms with Gasteiger partial charge in [-0.3, -0.25) is 9.78 Å². The van der Waals surface area contributed by atoms with Gasteiger partial charge < -0.3 is 10.8 Å². The second-order valence-corrected chi connectivity index (χ2v) is 5.49. The fraction of sp³-hybridized carbons (Fsp3) is 0.235.